The van der Waals surface area contributed by atoms with E-state index < -0.39 is 0 Å². The maximum absolute atomic E-state index is 12.5. The number of anilines is 1. The van der Waals surface area contributed by atoms with Gasteiger partial charge in [0.05, 0.1) is 6.54 Å². The van der Waals surface area contributed by atoms with Crippen molar-refractivity contribution in [1.29, 1.82) is 0 Å². The van der Waals surface area contributed by atoms with E-state index in [9.17, 15) is 4.79 Å². The molecule has 0 unspecified atom stereocenters. The highest BCUT2D eigenvalue weighted by molar-refractivity contribution is 5.93. The van der Waals surface area contributed by atoms with E-state index in [0.29, 0.717) is 24.0 Å². The predicted octanol–water partition coefficient (Wildman–Crippen LogP) is 3.51. The third kappa shape index (κ3) is 4.68. The highest BCUT2D eigenvalue weighted by Crippen LogP contribution is 2.28. The summed E-state index contributed by atoms with van der Waals surface area (Å²) in [4.78, 5) is 23.4. The number of piperidine rings is 1. The zero-order chi connectivity index (χ0) is 20.1. The summed E-state index contributed by atoms with van der Waals surface area (Å²) in [6.45, 7) is 4.14. The molecule has 7 nitrogen and oxygen atoms in total. The smallest absolute Gasteiger partial charge is 0.238 e. The van der Waals surface area contributed by atoms with Crippen molar-refractivity contribution in [2.24, 2.45) is 0 Å². The topological polar surface area (TPSA) is 84.2 Å². The van der Waals surface area contributed by atoms with E-state index in [1.165, 1.54) is 0 Å². The van der Waals surface area contributed by atoms with Gasteiger partial charge in [0, 0.05) is 17.8 Å². The standard InChI is InChI=1S/C22H25N5O2/c1-2-16-7-3-4-8-18(16)24-20(28)15-27-13-10-17(11-14-27)22-25-21(26-29-22)19-9-5-6-12-23-19/h3-9,12,17H,2,10-11,13-15H2,1H3,(H,24,28). The van der Waals surface area contributed by atoms with Gasteiger partial charge < -0.3 is 9.84 Å². The predicted molar refractivity (Wildman–Crippen MR) is 110 cm³/mol. The number of aryl methyl sites for hydroxylation is 1. The van der Waals surface area contributed by atoms with E-state index >= 15 is 0 Å². The fourth-order valence-electron chi connectivity index (χ4n) is 3.68. The Labute approximate surface area is 170 Å². The molecule has 1 aliphatic rings. The van der Waals surface area contributed by atoms with Gasteiger partial charge in [0.1, 0.15) is 5.69 Å². The number of nitrogens with zero attached hydrogens (tertiary/aromatic N) is 4. The second kappa shape index (κ2) is 8.96. The molecule has 2 aromatic heterocycles. The molecule has 150 valence electrons. The lowest BCUT2D eigenvalue weighted by molar-refractivity contribution is -0.117. The molecule has 7 heteroatoms. The van der Waals surface area contributed by atoms with Gasteiger partial charge in [0.15, 0.2) is 0 Å². The summed E-state index contributed by atoms with van der Waals surface area (Å²) >= 11 is 0. The Kier molecular flexibility index (Phi) is 5.95. The van der Waals surface area contributed by atoms with Gasteiger partial charge in [-0.05, 0) is 56.1 Å². The second-order valence-corrected chi connectivity index (χ2v) is 7.28. The van der Waals surface area contributed by atoms with Crippen molar-refractivity contribution in [1.82, 2.24) is 20.0 Å². The van der Waals surface area contributed by atoms with Crippen molar-refractivity contribution in [2.45, 2.75) is 32.1 Å². The molecular formula is C22H25N5O2. The van der Waals surface area contributed by atoms with E-state index in [2.05, 4.69) is 32.3 Å². The lowest BCUT2D eigenvalue weighted by atomic mass is 9.97. The number of rotatable bonds is 6. The normalized spacial score (nSPS) is 15.3. The van der Waals surface area contributed by atoms with Gasteiger partial charge in [-0.2, -0.15) is 4.98 Å². The Morgan fingerprint density at radius 3 is 2.72 bits per heavy atom. The lowest BCUT2D eigenvalue weighted by Crippen LogP contribution is -2.38. The van der Waals surface area contributed by atoms with Gasteiger partial charge >= 0.3 is 0 Å². The molecule has 1 fully saturated rings. The minimum Gasteiger partial charge on any atom is -0.339 e. The number of para-hydroxylation sites is 1. The molecule has 3 heterocycles. The first-order valence-corrected chi connectivity index (χ1v) is 10.1. The van der Waals surface area contributed by atoms with Crippen LogP contribution < -0.4 is 5.32 Å². The van der Waals surface area contributed by atoms with Crippen LogP contribution in [0.2, 0.25) is 0 Å². The minimum atomic E-state index is 0.0274. The number of likely N-dealkylation sites (tertiary alicyclic amines) is 1. The Hall–Kier alpha value is -3.06. The molecule has 29 heavy (non-hydrogen) atoms. The number of amides is 1. The van der Waals surface area contributed by atoms with Crippen LogP contribution >= 0.6 is 0 Å². The Morgan fingerprint density at radius 2 is 1.97 bits per heavy atom. The van der Waals surface area contributed by atoms with Crippen LogP contribution in [0.3, 0.4) is 0 Å². The molecule has 1 N–H and O–H groups in total. The van der Waals surface area contributed by atoms with E-state index in [0.717, 1.165) is 43.6 Å². The van der Waals surface area contributed by atoms with Gasteiger partial charge in [-0.3, -0.25) is 14.7 Å². The third-order valence-corrected chi connectivity index (χ3v) is 5.31. The maximum Gasteiger partial charge on any atom is 0.238 e. The van der Waals surface area contributed by atoms with E-state index in [4.69, 9.17) is 4.52 Å². The molecule has 0 aliphatic carbocycles. The summed E-state index contributed by atoms with van der Waals surface area (Å²) in [7, 11) is 0. The quantitative estimate of drug-likeness (QED) is 0.692. The van der Waals surface area contributed by atoms with Gasteiger partial charge in [0.2, 0.25) is 17.6 Å². The van der Waals surface area contributed by atoms with Crippen LogP contribution in [0.5, 0.6) is 0 Å². The SMILES string of the molecule is CCc1ccccc1NC(=O)CN1CCC(c2nc(-c3ccccn3)no2)CC1. The molecule has 0 radical (unpaired) electrons. The molecule has 4 rings (SSSR count). The lowest BCUT2D eigenvalue weighted by Gasteiger charge is -2.29. The van der Waals surface area contributed by atoms with Crippen LogP contribution in [0.25, 0.3) is 11.5 Å². The number of benzene rings is 1. The van der Waals surface area contributed by atoms with Crippen molar-refractivity contribution >= 4 is 11.6 Å². The summed E-state index contributed by atoms with van der Waals surface area (Å²) < 4.78 is 5.48. The first kappa shape index (κ1) is 19.3. The van der Waals surface area contributed by atoms with Gasteiger partial charge in [0.25, 0.3) is 0 Å². The molecular weight excluding hydrogens is 366 g/mol. The average Bonchev–Trinajstić information content (AvgIpc) is 3.25. The molecule has 0 saturated carbocycles. The Balaban J connectivity index is 1.29. The van der Waals surface area contributed by atoms with Crippen molar-refractivity contribution < 1.29 is 9.32 Å². The highest BCUT2D eigenvalue weighted by atomic mass is 16.5. The van der Waals surface area contributed by atoms with E-state index in [1.807, 2.05) is 42.5 Å². The van der Waals surface area contributed by atoms with Crippen molar-refractivity contribution in [3.8, 4) is 11.5 Å². The van der Waals surface area contributed by atoms with Crippen molar-refractivity contribution in [2.75, 3.05) is 25.0 Å². The van der Waals surface area contributed by atoms with Crippen LogP contribution in [-0.4, -0.2) is 45.6 Å². The molecule has 0 bridgehead atoms. The zero-order valence-electron chi connectivity index (χ0n) is 16.5. The average molecular weight is 391 g/mol. The first-order chi connectivity index (χ1) is 14.2. The number of pyridine rings is 1. The highest BCUT2D eigenvalue weighted by Gasteiger charge is 2.26. The minimum absolute atomic E-state index is 0.0274. The summed E-state index contributed by atoms with van der Waals surface area (Å²) in [6, 6.07) is 13.6. The Bertz CT molecular complexity index is 949. The van der Waals surface area contributed by atoms with Crippen LogP contribution in [0.15, 0.2) is 53.2 Å². The molecule has 1 amide bonds. The molecule has 1 saturated heterocycles. The van der Waals surface area contributed by atoms with Gasteiger partial charge in [-0.25, -0.2) is 0 Å². The monoisotopic (exact) mass is 391 g/mol. The Morgan fingerprint density at radius 1 is 1.17 bits per heavy atom. The van der Waals surface area contributed by atoms with Crippen LogP contribution in [0.4, 0.5) is 5.69 Å². The summed E-state index contributed by atoms with van der Waals surface area (Å²) in [5.74, 6) is 1.43. The number of hydrogen-bond donors (Lipinski definition) is 1. The molecule has 1 aromatic carbocycles. The maximum atomic E-state index is 12.5. The zero-order valence-corrected chi connectivity index (χ0v) is 16.5. The second-order valence-electron chi connectivity index (χ2n) is 7.28. The van der Waals surface area contributed by atoms with Crippen LogP contribution in [-0.2, 0) is 11.2 Å². The van der Waals surface area contributed by atoms with E-state index in [-0.39, 0.29) is 11.8 Å². The van der Waals surface area contributed by atoms with Crippen molar-refractivity contribution in [3.05, 3.63) is 60.1 Å². The molecule has 1 aliphatic heterocycles. The molecule has 3 aromatic rings. The van der Waals surface area contributed by atoms with Crippen LogP contribution in [0, 0.1) is 0 Å². The number of aromatic nitrogens is 3. The number of carbonyl (C=O) groups is 1. The number of nitrogens with one attached hydrogen (secondary N) is 1. The number of carbonyl (C=O) groups excluding carboxylic acids is 1. The van der Waals surface area contributed by atoms with Gasteiger partial charge in [-0.15, -0.1) is 0 Å². The molecule has 0 spiro atoms. The van der Waals surface area contributed by atoms with Crippen molar-refractivity contribution in [3.63, 3.8) is 0 Å². The summed E-state index contributed by atoms with van der Waals surface area (Å²) in [5, 5.41) is 7.11. The summed E-state index contributed by atoms with van der Waals surface area (Å²) in [6.07, 6.45) is 4.39. The third-order valence-electron chi connectivity index (χ3n) is 5.31. The molecule has 0 atom stereocenters. The van der Waals surface area contributed by atoms with E-state index in [1.54, 1.807) is 6.20 Å². The largest absolute Gasteiger partial charge is 0.339 e. The van der Waals surface area contributed by atoms with Crippen LogP contribution in [0.1, 0.15) is 37.1 Å². The number of hydrogen-bond acceptors (Lipinski definition) is 6. The first-order valence-electron chi connectivity index (χ1n) is 10.1. The summed E-state index contributed by atoms with van der Waals surface area (Å²) in [5.41, 5.74) is 2.77. The van der Waals surface area contributed by atoms with Gasteiger partial charge in [-0.1, -0.05) is 36.3 Å². The fraction of sp³-hybridized carbons (Fsp3) is 0.364. The fourth-order valence-corrected chi connectivity index (χ4v) is 3.68.